The summed E-state index contributed by atoms with van der Waals surface area (Å²) in [6.07, 6.45) is 0.0298. The van der Waals surface area contributed by atoms with E-state index in [1.807, 2.05) is 9.80 Å². The highest BCUT2D eigenvalue weighted by Gasteiger charge is 2.34. The number of carbonyl (C=O) groups excluding carboxylic acids is 5. The second-order valence-corrected chi connectivity index (χ2v) is 13.9. The first-order chi connectivity index (χ1) is 26.5. The van der Waals surface area contributed by atoms with Crippen LogP contribution < -0.4 is 35.6 Å². The Hall–Kier alpha value is -5.39. The summed E-state index contributed by atoms with van der Waals surface area (Å²) < 4.78 is 46.1. The minimum Gasteiger partial charge on any atom is -0.442 e. The number of cyclic esters (lactones) is 2. The molecule has 3 N–H and O–H groups in total. The van der Waals surface area contributed by atoms with Gasteiger partial charge in [0, 0.05) is 59.2 Å². The molecule has 55 heavy (non-hydrogen) atoms. The van der Waals surface area contributed by atoms with Crippen LogP contribution in [0.5, 0.6) is 0 Å². The lowest BCUT2D eigenvalue weighted by Gasteiger charge is -2.36. The molecule has 6 amide bonds. The number of morpholine rings is 1. The second kappa shape index (κ2) is 18.3. The number of amides is 6. The van der Waals surface area contributed by atoms with E-state index in [2.05, 4.69) is 16.0 Å². The summed E-state index contributed by atoms with van der Waals surface area (Å²) in [7, 11) is 0. The fourth-order valence-corrected chi connectivity index (χ4v) is 6.94. The highest BCUT2D eigenvalue weighted by Crippen LogP contribution is 2.30. The van der Waals surface area contributed by atoms with Crippen molar-refractivity contribution in [3.8, 4) is 0 Å². The molecule has 2 aromatic carbocycles. The molecule has 0 aromatic heterocycles. The molecule has 2 atom stereocenters. The lowest BCUT2D eigenvalue weighted by molar-refractivity contribution is -0.121. The van der Waals surface area contributed by atoms with E-state index in [9.17, 15) is 28.4 Å². The number of unbranched alkanes of at least 4 members (excludes halogenated alkanes) is 2. The zero-order valence-electron chi connectivity index (χ0n) is 30.9. The molecule has 298 valence electrons. The minimum atomic E-state index is -0.603. The van der Waals surface area contributed by atoms with Crippen LogP contribution in [0, 0.1) is 11.6 Å². The first kappa shape index (κ1) is 39.3. The van der Waals surface area contributed by atoms with E-state index in [0.29, 0.717) is 94.6 Å². The van der Waals surface area contributed by atoms with Crippen molar-refractivity contribution < 1.29 is 47.0 Å². The van der Waals surface area contributed by atoms with Gasteiger partial charge in [0.25, 0.3) is 0 Å². The van der Waals surface area contributed by atoms with Crippen molar-refractivity contribution in [3.63, 3.8) is 0 Å². The van der Waals surface area contributed by atoms with Gasteiger partial charge < -0.3 is 44.9 Å². The van der Waals surface area contributed by atoms with Gasteiger partial charge in [0.2, 0.25) is 11.8 Å². The summed E-state index contributed by atoms with van der Waals surface area (Å²) in [4.78, 5) is 69.3. The molecule has 4 saturated heterocycles. The summed E-state index contributed by atoms with van der Waals surface area (Å²) in [5, 5.41) is 8.33. The van der Waals surface area contributed by atoms with E-state index in [-0.39, 0.29) is 50.4 Å². The highest BCUT2D eigenvalue weighted by molar-refractivity contribution is 5.91. The summed E-state index contributed by atoms with van der Waals surface area (Å²) in [5.74, 6) is -1.32. The van der Waals surface area contributed by atoms with Crippen LogP contribution in [0.2, 0.25) is 0 Å². The lowest BCUT2D eigenvalue weighted by Crippen LogP contribution is -2.52. The number of hydrogen-bond acceptors (Lipinski definition) is 10. The van der Waals surface area contributed by atoms with Gasteiger partial charge in [-0.05, 0) is 49.2 Å². The average molecular weight is 771 g/mol. The Labute approximate surface area is 318 Å². The molecule has 0 bridgehead atoms. The van der Waals surface area contributed by atoms with Crippen molar-refractivity contribution in [2.75, 3.05) is 105 Å². The standard InChI is InChI=1S/C37H48F2N8O8/c1-25(48)41-21-28-23-46(36(51)54-28)26-6-8-32(30(38)19-26)43-11-13-45(14-12-43)35(50)40-10-4-2-3-5-34(49)42-22-29-24-47(37(52)55-29)27-7-9-33(31(39)20-27)44-15-17-53-18-16-44/h6-9,19-20,28-29H,2-5,10-18,21-24H2,1H3,(H,40,50)(H,41,48)(H,42,49)/t28-,29-/m0/s1. The Balaban J connectivity index is 0.827. The molecular weight excluding hydrogens is 722 g/mol. The predicted molar refractivity (Wildman–Crippen MR) is 198 cm³/mol. The average Bonchev–Trinajstić information content (AvgIpc) is 3.75. The molecular formula is C37H48F2N8O8. The largest absolute Gasteiger partial charge is 0.442 e. The van der Waals surface area contributed by atoms with Crippen molar-refractivity contribution in [2.24, 2.45) is 0 Å². The molecule has 0 unspecified atom stereocenters. The summed E-state index contributed by atoms with van der Waals surface area (Å²) in [6, 6.07) is 9.02. The van der Waals surface area contributed by atoms with Gasteiger partial charge in [-0.3, -0.25) is 19.4 Å². The van der Waals surface area contributed by atoms with Crippen molar-refractivity contribution in [2.45, 2.75) is 44.8 Å². The molecule has 16 nitrogen and oxygen atoms in total. The number of benzene rings is 2. The quantitative estimate of drug-likeness (QED) is 0.244. The number of nitrogens with zero attached hydrogens (tertiary/aromatic N) is 5. The summed E-state index contributed by atoms with van der Waals surface area (Å²) in [6.45, 7) is 6.46. The Morgan fingerprint density at radius 1 is 0.709 bits per heavy atom. The van der Waals surface area contributed by atoms with E-state index in [1.165, 1.54) is 28.9 Å². The van der Waals surface area contributed by atoms with E-state index in [4.69, 9.17) is 14.2 Å². The minimum absolute atomic E-state index is 0.147. The van der Waals surface area contributed by atoms with Crippen LogP contribution in [0.4, 0.5) is 45.9 Å². The van der Waals surface area contributed by atoms with Crippen molar-refractivity contribution in [1.29, 1.82) is 0 Å². The van der Waals surface area contributed by atoms with E-state index in [1.54, 1.807) is 29.2 Å². The van der Waals surface area contributed by atoms with E-state index in [0.717, 1.165) is 6.42 Å². The molecule has 4 aliphatic rings. The Morgan fingerprint density at radius 3 is 1.80 bits per heavy atom. The molecule has 4 heterocycles. The zero-order chi connectivity index (χ0) is 38.9. The van der Waals surface area contributed by atoms with Crippen LogP contribution in [-0.4, -0.2) is 132 Å². The van der Waals surface area contributed by atoms with Crippen LogP contribution in [-0.2, 0) is 23.8 Å². The summed E-state index contributed by atoms with van der Waals surface area (Å²) in [5.41, 5.74) is 1.60. The topological polar surface area (TPSA) is 165 Å². The molecule has 2 aromatic rings. The molecule has 6 rings (SSSR count). The third-order valence-corrected chi connectivity index (χ3v) is 9.96. The van der Waals surface area contributed by atoms with Gasteiger partial charge in [-0.25, -0.2) is 23.2 Å². The van der Waals surface area contributed by atoms with Crippen molar-refractivity contribution >= 4 is 52.8 Å². The van der Waals surface area contributed by atoms with Gasteiger partial charge in [0.15, 0.2) is 0 Å². The number of rotatable bonds is 14. The molecule has 0 aliphatic carbocycles. The van der Waals surface area contributed by atoms with Gasteiger partial charge >= 0.3 is 18.2 Å². The normalized spacial score (nSPS) is 20.0. The third kappa shape index (κ3) is 10.2. The fourth-order valence-electron chi connectivity index (χ4n) is 6.94. The number of halogens is 2. The van der Waals surface area contributed by atoms with Gasteiger partial charge in [-0.15, -0.1) is 0 Å². The van der Waals surface area contributed by atoms with Gasteiger partial charge in [0.1, 0.15) is 23.8 Å². The van der Waals surface area contributed by atoms with Crippen molar-refractivity contribution in [1.82, 2.24) is 20.9 Å². The highest BCUT2D eigenvalue weighted by atomic mass is 19.1. The predicted octanol–water partition coefficient (Wildman–Crippen LogP) is 2.80. The number of hydrogen-bond donors (Lipinski definition) is 3. The maximum absolute atomic E-state index is 15.2. The van der Waals surface area contributed by atoms with Crippen LogP contribution in [0.3, 0.4) is 0 Å². The number of urea groups is 1. The molecule has 0 radical (unpaired) electrons. The maximum Gasteiger partial charge on any atom is 0.414 e. The molecule has 4 fully saturated rings. The molecule has 0 spiro atoms. The maximum atomic E-state index is 15.2. The molecule has 18 heteroatoms. The molecule has 0 saturated carbocycles. The van der Waals surface area contributed by atoms with Crippen molar-refractivity contribution in [3.05, 3.63) is 48.0 Å². The number of anilines is 4. The number of nitrogens with one attached hydrogen (secondary N) is 3. The van der Waals surface area contributed by atoms with Crippen LogP contribution in [0.1, 0.15) is 32.6 Å². The fraction of sp³-hybridized carbons (Fsp3) is 0.541. The van der Waals surface area contributed by atoms with Crippen LogP contribution >= 0.6 is 0 Å². The molecule has 4 aliphatic heterocycles. The Morgan fingerprint density at radius 2 is 1.25 bits per heavy atom. The first-order valence-corrected chi connectivity index (χ1v) is 18.7. The SMILES string of the molecule is CC(=O)NC[C@H]1CN(c2ccc(N3CCN(C(=O)NCCCCCC(=O)NC[C@H]4CN(c5ccc(N6CCOCC6)c(F)c5)C(=O)O4)CC3)c(F)c2)C(=O)O1. The Kier molecular flexibility index (Phi) is 13.1. The van der Waals surface area contributed by atoms with Crippen LogP contribution in [0.25, 0.3) is 0 Å². The van der Waals surface area contributed by atoms with E-state index < -0.39 is 36.0 Å². The second-order valence-electron chi connectivity index (χ2n) is 13.9. The van der Waals surface area contributed by atoms with Crippen LogP contribution in [0.15, 0.2) is 36.4 Å². The number of ether oxygens (including phenoxy) is 3. The van der Waals surface area contributed by atoms with Gasteiger partial charge in [-0.2, -0.15) is 0 Å². The Bertz CT molecular complexity index is 1720. The van der Waals surface area contributed by atoms with Gasteiger partial charge in [0.05, 0.1) is 62.1 Å². The van der Waals surface area contributed by atoms with Gasteiger partial charge in [-0.1, -0.05) is 6.42 Å². The monoisotopic (exact) mass is 770 g/mol. The smallest absolute Gasteiger partial charge is 0.414 e. The third-order valence-electron chi connectivity index (χ3n) is 9.96. The number of carbonyl (C=O) groups is 5. The zero-order valence-corrected chi connectivity index (χ0v) is 30.9. The lowest BCUT2D eigenvalue weighted by atomic mass is 10.2. The first-order valence-electron chi connectivity index (χ1n) is 18.7. The number of piperazine rings is 1. The van der Waals surface area contributed by atoms with E-state index >= 15 is 4.39 Å². The summed E-state index contributed by atoms with van der Waals surface area (Å²) >= 11 is 0.